The Morgan fingerprint density at radius 1 is 0.810 bits per heavy atom. The maximum Gasteiger partial charge on any atom is 0.193 e. The van der Waals surface area contributed by atoms with Gasteiger partial charge in [0.15, 0.2) is 25.0 Å². The summed E-state index contributed by atoms with van der Waals surface area (Å²) in [6.45, 7) is 49.3. The van der Waals surface area contributed by atoms with Crippen LogP contribution in [0.4, 0.5) is 0 Å². The second-order valence-electron chi connectivity index (χ2n) is 22.9. The molecule has 0 aromatic carbocycles. The van der Waals surface area contributed by atoms with E-state index in [-0.39, 0.29) is 51.7 Å². The number of ether oxygens (including phenoxy) is 3. The normalized spacial score (nSPS) is 29.6. The van der Waals surface area contributed by atoms with E-state index in [9.17, 15) is 5.11 Å². The summed E-state index contributed by atoms with van der Waals surface area (Å²) in [5.41, 5.74) is 5.41. The van der Waals surface area contributed by atoms with Crippen molar-refractivity contribution in [2.75, 3.05) is 0 Å². The van der Waals surface area contributed by atoms with Gasteiger partial charge in [-0.1, -0.05) is 101 Å². The van der Waals surface area contributed by atoms with Crippen molar-refractivity contribution >= 4 is 25.0 Å². The first-order valence-corrected chi connectivity index (χ1v) is 31.5. The molecule has 0 amide bonds. The van der Waals surface area contributed by atoms with Crippen LogP contribution in [0.25, 0.3) is 0 Å². The molecule has 0 bridgehead atoms. The van der Waals surface area contributed by atoms with Crippen LogP contribution in [-0.4, -0.2) is 91.1 Å². The van der Waals surface area contributed by atoms with Gasteiger partial charge in [-0.2, -0.15) is 0 Å². The van der Waals surface area contributed by atoms with E-state index in [1.807, 2.05) is 6.08 Å². The third-order valence-corrected chi connectivity index (χ3v) is 28.2. The first-order valence-electron chi connectivity index (χ1n) is 22.8. The van der Waals surface area contributed by atoms with E-state index in [2.05, 4.69) is 147 Å². The van der Waals surface area contributed by atoms with Crippen LogP contribution in [0.2, 0.25) is 54.4 Å². The van der Waals surface area contributed by atoms with Crippen molar-refractivity contribution in [3.8, 4) is 0 Å². The Bertz CT molecular complexity index is 1410. The predicted molar refractivity (Wildman–Crippen MR) is 251 cm³/mol. The van der Waals surface area contributed by atoms with Crippen molar-refractivity contribution in [2.45, 2.75) is 256 Å². The van der Waals surface area contributed by atoms with Gasteiger partial charge >= 0.3 is 0 Å². The monoisotopic (exact) mass is 863 g/mol. The van der Waals surface area contributed by atoms with Crippen LogP contribution in [0.3, 0.4) is 0 Å². The van der Waals surface area contributed by atoms with Crippen LogP contribution in [0.1, 0.15) is 141 Å². The molecule has 0 aromatic rings. The lowest BCUT2D eigenvalue weighted by Gasteiger charge is -2.56. The molecule has 1 N–H and O–H groups in total. The van der Waals surface area contributed by atoms with E-state index in [1.165, 1.54) is 11.1 Å². The molecule has 0 spiro atoms. The molecule has 0 saturated carbocycles. The summed E-state index contributed by atoms with van der Waals surface area (Å²) >= 11 is 0. The number of hydrogen-bond donors (Lipinski definition) is 1. The summed E-state index contributed by atoms with van der Waals surface area (Å²) in [4.78, 5) is 0. The van der Waals surface area contributed by atoms with Crippen LogP contribution >= 0.6 is 0 Å². The van der Waals surface area contributed by atoms with Gasteiger partial charge in [0, 0.05) is 0 Å². The Morgan fingerprint density at radius 3 is 1.91 bits per heavy atom. The largest absolute Gasteiger partial charge is 0.408 e. The van der Waals surface area contributed by atoms with Crippen molar-refractivity contribution in [3.05, 3.63) is 42.2 Å². The van der Waals surface area contributed by atoms with Gasteiger partial charge in [0.2, 0.25) is 0 Å². The number of rotatable bonds is 18. The zero-order valence-electron chi connectivity index (χ0n) is 40.7. The molecule has 7 nitrogen and oxygen atoms in total. The van der Waals surface area contributed by atoms with Crippen molar-refractivity contribution in [1.29, 1.82) is 0 Å². The van der Waals surface area contributed by atoms with E-state index in [0.717, 1.165) is 51.4 Å². The first kappa shape index (κ1) is 51.7. The SMILES string of the molecule is C=C=C(C)C[C@@H](C)CC[C@@H]1OC(CCC(O)/C=C/[C@H](O[Si](C)(C)C(C)(C)C)[C@@H]2O[C@H]3CC[C@H](CC)O[C@@H]3[C@H](O[Si](C)(C)C(C)(C)C)[C@@H]2O[Si](C)(C)C(C)(C)C)CC1=C. The highest BCUT2D eigenvalue weighted by Gasteiger charge is 2.57. The fourth-order valence-corrected chi connectivity index (χ4v) is 11.5. The predicted octanol–water partition coefficient (Wildman–Crippen LogP) is 12.8. The van der Waals surface area contributed by atoms with E-state index in [4.69, 9.17) is 27.5 Å². The summed E-state index contributed by atoms with van der Waals surface area (Å²) < 4.78 is 43.3. The van der Waals surface area contributed by atoms with E-state index in [0.29, 0.717) is 12.3 Å². The minimum Gasteiger partial charge on any atom is -0.408 e. The summed E-state index contributed by atoms with van der Waals surface area (Å²) in [7, 11) is -7.03. The van der Waals surface area contributed by atoms with Crippen LogP contribution < -0.4 is 0 Å². The Morgan fingerprint density at radius 2 is 1.38 bits per heavy atom. The summed E-state index contributed by atoms with van der Waals surface area (Å²) in [6.07, 6.45) is 9.78. The van der Waals surface area contributed by atoms with Gasteiger partial charge in [-0.25, -0.2) is 0 Å². The van der Waals surface area contributed by atoms with Gasteiger partial charge in [-0.05, 0) is 136 Å². The summed E-state index contributed by atoms with van der Waals surface area (Å²) in [6, 6.07) is 0. The Labute approximate surface area is 360 Å². The molecule has 336 valence electrons. The van der Waals surface area contributed by atoms with Crippen LogP contribution in [-0.2, 0) is 27.5 Å². The molecule has 3 saturated heterocycles. The van der Waals surface area contributed by atoms with E-state index < -0.39 is 49.4 Å². The fourth-order valence-electron chi connectivity index (χ4n) is 7.65. The van der Waals surface area contributed by atoms with Gasteiger partial charge in [-0.3, -0.25) is 0 Å². The molecule has 2 unspecified atom stereocenters. The fraction of sp³-hybridized carbons (Fsp3) is 0.854. The molecule has 58 heavy (non-hydrogen) atoms. The molecule has 3 heterocycles. The Balaban J connectivity index is 1.98. The van der Waals surface area contributed by atoms with Crippen LogP contribution in [0, 0.1) is 5.92 Å². The molecule has 3 fully saturated rings. The third-order valence-electron chi connectivity index (χ3n) is 14.8. The molecular weight excluding hydrogens is 773 g/mol. The molecule has 3 aliphatic heterocycles. The topological polar surface area (TPSA) is 75.6 Å². The molecule has 0 aliphatic carbocycles. The van der Waals surface area contributed by atoms with Gasteiger partial charge in [0.25, 0.3) is 0 Å². The standard InChI is InChI=1S/C48H90O7Si3/c1-21-33(3)31-34(4)23-28-39-35(5)32-38(50-39)26-24-36(49)25-29-41(53-56(15,16)46(6,7)8)43-45(55-58(19,20)48(12,13)14)44(54-57(17,18)47(9,10)11)42-40(52-43)30-27-37(22-2)51-42/h25,29,34,36-45,49H,1,5,22-24,26-28,30-32H2,2-4,6-20H3/b29-25+/t34-,36?,37-,38?,39-,40-,41-,42-,43-,44-,45+/m0/s1. The van der Waals surface area contributed by atoms with Crippen molar-refractivity contribution in [1.82, 2.24) is 0 Å². The molecule has 0 radical (unpaired) electrons. The lowest BCUT2D eigenvalue weighted by molar-refractivity contribution is -0.266. The number of aliphatic hydroxyl groups excluding tert-OH is 1. The highest BCUT2D eigenvalue weighted by Crippen LogP contribution is 2.47. The smallest absolute Gasteiger partial charge is 0.193 e. The van der Waals surface area contributed by atoms with Gasteiger partial charge in [0.05, 0.1) is 36.6 Å². The molecule has 10 heteroatoms. The molecule has 0 aromatic heterocycles. The zero-order valence-corrected chi connectivity index (χ0v) is 43.7. The number of hydrogen-bond acceptors (Lipinski definition) is 7. The molecular formula is C48H90O7Si3. The average molecular weight is 863 g/mol. The Kier molecular flexibility index (Phi) is 18.1. The maximum atomic E-state index is 11.6. The van der Waals surface area contributed by atoms with Crippen molar-refractivity contribution in [3.63, 3.8) is 0 Å². The number of fused-ring (bicyclic) bond motifs is 1. The van der Waals surface area contributed by atoms with Crippen LogP contribution in [0.5, 0.6) is 0 Å². The quantitative estimate of drug-likeness (QED) is 0.0835. The van der Waals surface area contributed by atoms with E-state index in [1.54, 1.807) is 0 Å². The highest BCUT2D eigenvalue weighted by atomic mass is 28.4. The number of allylic oxidation sites excluding steroid dienone is 1. The Hall–Kier alpha value is -0.629. The lowest BCUT2D eigenvalue weighted by Crippen LogP contribution is -2.69. The molecule has 3 rings (SSSR count). The van der Waals surface area contributed by atoms with Gasteiger partial charge in [0.1, 0.15) is 24.4 Å². The van der Waals surface area contributed by atoms with Crippen molar-refractivity contribution < 1.29 is 32.6 Å². The summed E-state index contributed by atoms with van der Waals surface area (Å²) in [5, 5.41) is 11.5. The molecule has 11 atom stereocenters. The van der Waals surface area contributed by atoms with E-state index >= 15 is 0 Å². The maximum absolute atomic E-state index is 11.6. The third kappa shape index (κ3) is 13.7. The zero-order chi connectivity index (χ0) is 44.2. The highest BCUT2D eigenvalue weighted by molar-refractivity contribution is 6.75. The minimum atomic E-state index is -2.37. The minimum absolute atomic E-state index is 0.00628. The molecule has 3 aliphatic rings. The van der Waals surface area contributed by atoms with Crippen LogP contribution in [0.15, 0.2) is 42.2 Å². The van der Waals surface area contributed by atoms with Crippen molar-refractivity contribution in [2.24, 2.45) is 5.92 Å². The second kappa shape index (κ2) is 20.3. The average Bonchev–Trinajstić information content (AvgIpc) is 3.45. The van der Waals surface area contributed by atoms with Gasteiger partial charge in [-0.15, -0.1) is 5.73 Å². The van der Waals surface area contributed by atoms with Gasteiger partial charge < -0.3 is 32.6 Å². The second-order valence-corrected chi connectivity index (χ2v) is 37.1. The lowest BCUT2D eigenvalue weighted by atomic mass is 9.87. The number of aliphatic hydroxyl groups is 1. The summed E-state index contributed by atoms with van der Waals surface area (Å²) in [5.74, 6) is 0.553. The first-order chi connectivity index (χ1) is 26.4.